The molecular formula is C15H16Cl2N4. The molecule has 1 aliphatic carbocycles. The maximum atomic E-state index is 6.18. The summed E-state index contributed by atoms with van der Waals surface area (Å²) in [6.07, 6.45) is 2.39. The molecule has 21 heavy (non-hydrogen) atoms. The van der Waals surface area contributed by atoms with Gasteiger partial charge in [0.25, 0.3) is 0 Å². The smallest absolute Gasteiger partial charge is 0.224 e. The molecule has 1 fully saturated rings. The lowest BCUT2D eigenvalue weighted by Crippen LogP contribution is -2.06. The first-order chi connectivity index (χ1) is 10.2. The van der Waals surface area contributed by atoms with E-state index < -0.39 is 0 Å². The van der Waals surface area contributed by atoms with Crippen LogP contribution in [0.4, 0.5) is 17.5 Å². The fourth-order valence-electron chi connectivity index (χ4n) is 2.09. The minimum absolute atomic E-state index is 0.556. The predicted octanol–water partition coefficient (Wildman–Crippen LogP) is 4.84. The van der Waals surface area contributed by atoms with Gasteiger partial charge in [-0.2, -0.15) is 4.98 Å². The molecule has 0 amide bonds. The molecule has 4 nitrogen and oxygen atoms in total. The maximum absolute atomic E-state index is 6.18. The molecule has 0 saturated heterocycles. The minimum Gasteiger partial charge on any atom is -0.354 e. The third-order valence-corrected chi connectivity index (χ3v) is 3.83. The zero-order valence-corrected chi connectivity index (χ0v) is 13.2. The van der Waals surface area contributed by atoms with Crippen LogP contribution >= 0.6 is 23.2 Å². The van der Waals surface area contributed by atoms with Crippen molar-refractivity contribution in [2.45, 2.75) is 25.7 Å². The van der Waals surface area contributed by atoms with E-state index in [1.165, 1.54) is 12.8 Å². The van der Waals surface area contributed by atoms with Crippen molar-refractivity contribution in [2.24, 2.45) is 0 Å². The normalized spacial score (nSPS) is 14.0. The van der Waals surface area contributed by atoms with E-state index >= 15 is 0 Å². The monoisotopic (exact) mass is 322 g/mol. The Morgan fingerprint density at radius 3 is 2.71 bits per heavy atom. The summed E-state index contributed by atoms with van der Waals surface area (Å²) in [7, 11) is 0. The van der Waals surface area contributed by atoms with Crippen molar-refractivity contribution >= 4 is 40.7 Å². The van der Waals surface area contributed by atoms with Gasteiger partial charge >= 0.3 is 0 Å². The summed E-state index contributed by atoms with van der Waals surface area (Å²) in [6.45, 7) is 2.81. The summed E-state index contributed by atoms with van der Waals surface area (Å²) < 4.78 is 0. The number of anilines is 3. The minimum atomic E-state index is 0.556. The summed E-state index contributed by atoms with van der Waals surface area (Å²) in [5, 5.41) is 7.63. The zero-order valence-electron chi connectivity index (χ0n) is 11.7. The van der Waals surface area contributed by atoms with Gasteiger partial charge in [-0.25, -0.2) is 4.98 Å². The summed E-state index contributed by atoms with van der Waals surface area (Å²) in [6, 6.07) is 7.29. The fourth-order valence-corrected chi connectivity index (χ4v) is 2.42. The van der Waals surface area contributed by atoms with Crippen LogP contribution in [0.3, 0.4) is 0 Å². The van der Waals surface area contributed by atoms with Gasteiger partial charge in [-0.05, 0) is 38.0 Å². The first kappa shape index (κ1) is 14.4. The molecule has 0 radical (unpaired) electrons. The SMILES string of the molecule is CCNc1nc(Nc2cc(Cl)ccc2Cl)cc(C2CC2)n1. The van der Waals surface area contributed by atoms with Crippen LogP contribution in [-0.2, 0) is 0 Å². The quantitative estimate of drug-likeness (QED) is 0.827. The molecule has 1 aromatic carbocycles. The van der Waals surface area contributed by atoms with E-state index in [9.17, 15) is 0 Å². The number of nitrogens with one attached hydrogen (secondary N) is 2. The van der Waals surface area contributed by atoms with Crippen LogP contribution in [0.25, 0.3) is 0 Å². The van der Waals surface area contributed by atoms with Crippen LogP contribution in [0, 0.1) is 0 Å². The van der Waals surface area contributed by atoms with E-state index in [2.05, 4.69) is 20.6 Å². The van der Waals surface area contributed by atoms with Gasteiger partial charge in [0.1, 0.15) is 5.82 Å². The largest absolute Gasteiger partial charge is 0.354 e. The molecule has 1 aromatic heterocycles. The van der Waals surface area contributed by atoms with Crippen LogP contribution in [0.2, 0.25) is 10.0 Å². The maximum Gasteiger partial charge on any atom is 0.224 e. The molecule has 2 aromatic rings. The molecular weight excluding hydrogens is 307 g/mol. The third kappa shape index (κ3) is 3.57. The topological polar surface area (TPSA) is 49.8 Å². The molecule has 0 bridgehead atoms. The lowest BCUT2D eigenvalue weighted by atomic mass is 10.2. The highest BCUT2D eigenvalue weighted by Crippen LogP contribution is 2.40. The molecule has 0 atom stereocenters. The standard InChI is InChI=1S/C15H16Cl2N4/c1-2-18-15-20-12(9-3-4-9)8-14(21-15)19-13-7-10(16)5-6-11(13)17/h5-9H,2-4H2,1H3,(H2,18,19,20,21). The van der Waals surface area contributed by atoms with E-state index in [1.54, 1.807) is 18.2 Å². The van der Waals surface area contributed by atoms with Gasteiger partial charge in [0.15, 0.2) is 0 Å². The number of rotatable bonds is 5. The van der Waals surface area contributed by atoms with Gasteiger partial charge in [0.05, 0.1) is 16.4 Å². The van der Waals surface area contributed by atoms with Crippen LogP contribution in [0.1, 0.15) is 31.4 Å². The number of aromatic nitrogens is 2. The molecule has 3 rings (SSSR count). The van der Waals surface area contributed by atoms with Crippen LogP contribution in [0.15, 0.2) is 24.3 Å². The van der Waals surface area contributed by atoms with Gasteiger partial charge in [-0.3, -0.25) is 0 Å². The molecule has 110 valence electrons. The number of halogens is 2. The predicted molar refractivity (Wildman–Crippen MR) is 87.9 cm³/mol. The Labute approximate surface area is 133 Å². The Morgan fingerprint density at radius 2 is 2.00 bits per heavy atom. The Kier molecular flexibility index (Phi) is 4.17. The van der Waals surface area contributed by atoms with Gasteiger partial charge in [-0.15, -0.1) is 0 Å². The number of benzene rings is 1. The Hall–Kier alpha value is -1.52. The second-order valence-corrected chi connectivity index (χ2v) is 5.90. The molecule has 1 heterocycles. The van der Waals surface area contributed by atoms with Gasteiger partial charge < -0.3 is 10.6 Å². The molecule has 1 saturated carbocycles. The second kappa shape index (κ2) is 6.08. The van der Waals surface area contributed by atoms with Crippen LogP contribution < -0.4 is 10.6 Å². The van der Waals surface area contributed by atoms with Crippen LogP contribution in [0.5, 0.6) is 0 Å². The summed E-state index contributed by atoms with van der Waals surface area (Å²) >= 11 is 12.2. The lowest BCUT2D eigenvalue weighted by molar-refractivity contribution is 0.978. The van der Waals surface area contributed by atoms with Crippen molar-refractivity contribution in [2.75, 3.05) is 17.2 Å². The first-order valence-electron chi connectivity index (χ1n) is 7.00. The third-order valence-electron chi connectivity index (χ3n) is 3.27. The van der Waals surface area contributed by atoms with Crippen molar-refractivity contribution < 1.29 is 0 Å². The molecule has 1 aliphatic rings. The Morgan fingerprint density at radius 1 is 1.19 bits per heavy atom. The molecule has 6 heteroatoms. The van der Waals surface area contributed by atoms with Crippen molar-refractivity contribution in [3.8, 4) is 0 Å². The van der Waals surface area contributed by atoms with Crippen molar-refractivity contribution in [3.05, 3.63) is 40.0 Å². The zero-order chi connectivity index (χ0) is 14.8. The van der Waals surface area contributed by atoms with Crippen molar-refractivity contribution in [1.29, 1.82) is 0 Å². The van der Waals surface area contributed by atoms with E-state index in [1.807, 2.05) is 13.0 Å². The molecule has 0 aliphatic heterocycles. The van der Waals surface area contributed by atoms with Crippen molar-refractivity contribution in [1.82, 2.24) is 9.97 Å². The van der Waals surface area contributed by atoms with Gasteiger partial charge in [0, 0.05) is 23.6 Å². The Bertz CT molecular complexity index is 656. The average Bonchev–Trinajstić information content (AvgIpc) is 3.28. The number of hydrogen-bond donors (Lipinski definition) is 2. The molecule has 0 spiro atoms. The van der Waals surface area contributed by atoms with Gasteiger partial charge in [-0.1, -0.05) is 23.2 Å². The second-order valence-electron chi connectivity index (χ2n) is 5.06. The summed E-state index contributed by atoms with van der Waals surface area (Å²) in [5.74, 6) is 1.93. The lowest BCUT2D eigenvalue weighted by Gasteiger charge is -2.11. The molecule has 0 unspecified atom stereocenters. The number of nitrogens with zero attached hydrogens (tertiary/aromatic N) is 2. The van der Waals surface area contributed by atoms with Crippen LogP contribution in [-0.4, -0.2) is 16.5 Å². The first-order valence-corrected chi connectivity index (χ1v) is 7.76. The average molecular weight is 323 g/mol. The summed E-state index contributed by atoms with van der Waals surface area (Å²) in [5.41, 5.74) is 1.81. The highest BCUT2D eigenvalue weighted by atomic mass is 35.5. The summed E-state index contributed by atoms with van der Waals surface area (Å²) in [4.78, 5) is 9.01. The van der Waals surface area contributed by atoms with E-state index in [0.717, 1.165) is 23.7 Å². The van der Waals surface area contributed by atoms with E-state index in [-0.39, 0.29) is 0 Å². The van der Waals surface area contributed by atoms with Gasteiger partial charge in [0.2, 0.25) is 5.95 Å². The fraction of sp³-hybridized carbons (Fsp3) is 0.333. The number of hydrogen-bond acceptors (Lipinski definition) is 4. The van der Waals surface area contributed by atoms with E-state index in [4.69, 9.17) is 23.2 Å². The molecule has 2 N–H and O–H groups in total. The Balaban J connectivity index is 1.91. The van der Waals surface area contributed by atoms with Crippen molar-refractivity contribution in [3.63, 3.8) is 0 Å². The highest BCUT2D eigenvalue weighted by molar-refractivity contribution is 6.35. The highest BCUT2D eigenvalue weighted by Gasteiger charge is 2.26. The van der Waals surface area contributed by atoms with E-state index in [0.29, 0.717) is 21.9 Å².